The zero-order chi connectivity index (χ0) is 17.6. The lowest BCUT2D eigenvalue weighted by Crippen LogP contribution is -2.57. The van der Waals surface area contributed by atoms with Crippen LogP contribution in [0.3, 0.4) is 0 Å². The number of pyridine rings is 1. The Morgan fingerprint density at radius 1 is 1.48 bits per heavy atom. The first kappa shape index (κ1) is 18.0. The van der Waals surface area contributed by atoms with Gasteiger partial charge in [-0.15, -0.1) is 0 Å². The molecule has 0 saturated heterocycles. The molecule has 1 aliphatic rings. The van der Waals surface area contributed by atoms with Crippen molar-refractivity contribution in [2.75, 3.05) is 0 Å². The van der Waals surface area contributed by atoms with Crippen LogP contribution in [0.15, 0.2) is 15.5 Å². The predicted molar refractivity (Wildman–Crippen MR) is 88.2 cm³/mol. The minimum Gasteiger partial charge on any atom is -0.503 e. The fourth-order valence-electron chi connectivity index (χ4n) is 3.43. The van der Waals surface area contributed by atoms with Crippen molar-refractivity contribution >= 4 is 21.9 Å². The van der Waals surface area contributed by atoms with Crippen LogP contribution in [0.5, 0.6) is 5.75 Å². The van der Waals surface area contributed by atoms with Gasteiger partial charge in [0.05, 0.1) is 16.6 Å². The highest BCUT2D eigenvalue weighted by Gasteiger charge is 2.56. The van der Waals surface area contributed by atoms with E-state index >= 15 is 0 Å². The fraction of sp³-hybridized carbons (Fsp3) is 0.625. The highest BCUT2D eigenvalue weighted by molar-refractivity contribution is 9.10. The molecule has 0 radical (unpaired) electrons. The molecule has 1 aliphatic heterocycles. The van der Waals surface area contributed by atoms with Crippen LogP contribution in [-0.2, 0) is 16.1 Å². The van der Waals surface area contributed by atoms with Crippen LogP contribution in [0.4, 0.5) is 0 Å². The van der Waals surface area contributed by atoms with Crippen LogP contribution < -0.4 is 5.43 Å². The Balaban J connectivity index is 2.81. The van der Waals surface area contributed by atoms with Crippen molar-refractivity contribution < 1.29 is 19.7 Å². The van der Waals surface area contributed by atoms with Crippen LogP contribution in [0, 0.1) is 5.41 Å². The Kier molecular flexibility index (Phi) is 4.65. The van der Waals surface area contributed by atoms with Gasteiger partial charge in [0.15, 0.2) is 11.9 Å². The molecule has 0 aromatic carbocycles. The van der Waals surface area contributed by atoms with Gasteiger partial charge >= 0.3 is 5.97 Å². The van der Waals surface area contributed by atoms with E-state index in [0.717, 1.165) is 0 Å². The number of esters is 1. The molecule has 0 fully saturated rings. The molecule has 0 amide bonds. The summed E-state index contributed by atoms with van der Waals surface area (Å²) in [6.45, 7) is 7.04. The molecular formula is C16H22BrNO5. The Hall–Kier alpha value is -1.34. The molecule has 2 N–H and O–H groups in total. The van der Waals surface area contributed by atoms with Gasteiger partial charge in [-0.3, -0.25) is 9.59 Å². The van der Waals surface area contributed by atoms with Gasteiger partial charge < -0.3 is 19.5 Å². The van der Waals surface area contributed by atoms with Crippen molar-refractivity contribution in [3.8, 4) is 5.75 Å². The van der Waals surface area contributed by atoms with Crippen LogP contribution >= 0.6 is 15.9 Å². The first-order valence-corrected chi connectivity index (χ1v) is 8.42. The van der Waals surface area contributed by atoms with Gasteiger partial charge in [-0.05, 0) is 28.8 Å². The lowest BCUT2D eigenvalue weighted by atomic mass is 9.63. The van der Waals surface area contributed by atoms with E-state index in [2.05, 4.69) is 15.9 Å². The van der Waals surface area contributed by atoms with Crippen molar-refractivity contribution in [2.45, 2.75) is 58.8 Å². The molecule has 6 nitrogen and oxygen atoms in total. The number of nitrogens with zero attached hydrogens (tertiary/aromatic N) is 1. The number of aromatic hydroxyl groups is 1. The van der Waals surface area contributed by atoms with Crippen molar-refractivity contribution in [1.82, 2.24) is 4.57 Å². The predicted octanol–water partition coefficient (Wildman–Crippen LogP) is 2.49. The van der Waals surface area contributed by atoms with E-state index in [1.807, 2.05) is 20.8 Å². The number of aliphatic hydroxyl groups is 1. The largest absolute Gasteiger partial charge is 0.503 e. The van der Waals surface area contributed by atoms with Crippen LogP contribution in [0.2, 0.25) is 0 Å². The quantitative estimate of drug-likeness (QED) is 0.777. The molecule has 0 saturated carbocycles. The summed E-state index contributed by atoms with van der Waals surface area (Å²) >= 11 is 3.12. The van der Waals surface area contributed by atoms with Crippen molar-refractivity contribution in [1.29, 1.82) is 0 Å². The molecule has 128 valence electrons. The Morgan fingerprint density at radius 3 is 2.57 bits per heavy atom. The van der Waals surface area contributed by atoms with E-state index < -0.39 is 34.3 Å². The number of rotatable bonds is 3. The molecule has 23 heavy (non-hydrogen) atoms. The zero-order valence-electron chi connectivity index (χ0n) is 13.7. The second-order valence-corrected chi connectivity index (χ2v) is 7.17. The third-order valence-corrected chi connectivity index (χ3v) is 5.74. The Bertz CT molecular complexity index is 700. The lowest BCUT2D eigenvalue weighted by molar-refractivity contribution is -0.193. The fourth-order valence-corrected chi connectivity index (χ4v) is 3.86. The second kappa shape index (κ2) is 5.94. The summed E-state index contributed by atoms with van der Waals surface area (Å²) < 4.78 is 7.25. The van der Waals surface area contributed by atoms with Gasteiger partial charge in [-0.1, -0.05) is 20.8 Å². The van der Waals surface area contributed by atoms with E-state index in [1.165, 1.54) is 13.1 Å². The number of halogens is 1. The Morgan fingerprint density at radius 2 is 2.09 bits per heavy atom. The molecule has 3 atom stereocenters. The SMILES string of the molecule is CCC1(O)Cn2cc(Br)c(=O)c(O)c2C(OC(C)=O)C1(C)CC. The zero-order valence-corrected chi connectivity index (χ0v) is 15.3. The normalized spacial score (nSPS) is 29.9. The molecule has 0 aliphatic carbocycles. The molecule has 2 heterocycles. The summed E-state index contributed by atoms with van der Waals surface area (Å²) in [5.41, 5.74) is -2.30. The van der Waals surface area contributed by atoms with Gasteiger partial charge in [0.1, 0.15) is 5.69 Å². The number of fused-ring (bicyclic) bond motifs is 1. The van der Waals surface area contributed by atoms with Gasteiger partial charge in [0.25, 0.3) is 0 Å². The highest BCUT2D eigenvalue weighted by Crippen LogP contribution is 2.54. The third kappa shape index (κ3) is 2.59. The van der Waals surface area contributed by atoms with Crippen molar-refractivity contribution in [3.05, 3.63) is 26.6 Å². The molecule has 1 aromatic rings. The number of carbonyl (C=O) groups excluding carboxylic acids is 1. The highest BCUT2D eigenvalue weighted by atomic mass is 79.9. The van der Waals surface area contributed by atoms with Gasteiger partial charge in [-0.2, -0.15) is 0 Å². The van der Waals surface area contributed by atoms with E-state index in [1.54, 1.807) is 4.57 Å². The summed E-state index contributed by atoms with van der Waals surface area (Å²) in [5.74, 6) is -0.986. The first-order valence-electron chi connectivity index (χ1n) is 7.62. The monoisotopic (exact) mass is 387 g/mol. The van der Waals surface area contributed by atoms with Crippen LogP contribution in [0.1, 0.15) is 52.3 Å². The number of hydrogen-bond donors (Lipinski definition) is 2. The number of aromatic nitrogens is 1. The maximum atomic E-state index is 12.1. The molecule has 2 rings (SSSR count). The third-order valence-electron chi connectivity index (χ3n) is 5.18. The maximum absolute atomic E-state index is 12.1. The van der Waals surface area contributed by atoms with E-state index in [4.69, 9.17) is 4.74 Å². The number of hydrogen-bond acceptors (Lipinski definition) is 5. The average molecular weight is 388 g/mol. The smallest absolute Gasteiger partial charge is 0.303 e. The summed E-state index contributed by atoms with van der Waals surface area (Å²) in [6.07, 6.45) is 1.56. The van der Waals surface area contributed by atoms with Crippen LogP contribution in [0.25, 0.3) is 0 Å². The number of ether oxygens (including phenoxy) is 1. The summed E-state index contributed by atoms with van der Waals surface area (Å²) in [6, 6.07) is 0. The van der Waals surface area contributed by atoms with E-state index in [-0.39, 0.29) is 16.7 Å². The molecule has 3 unspecified atom stereocenters. The van der Waals surface area contributed by atoms with E-state index in [9.17, 15) is 19.8 Å². The maximum Gasteiger partial charge on any atom is 0.303 e. The molecule has 7 heteroatoms. The standard InChI is InChI=1S/C16H22BrNO5/c1-5-15(4)14(23-9(3)19)11-13(21)12(20)10(17)7-18(11)8-16(15,22)6-2/h7,14,21-22H,5-6,8H2,1-4H3. The van der Waals surface area contributed by atoms with E-state index in [0.29, 0.717) is 12.8 Å². The lowest BCUT2D eigenvalue weighted by Gasteiger charge is -2.52. The second-order valence-electron chi connectivity index (χ2n) is 6.31. The minimum absolute atomic E-state index is 0.193. The summed E-state index contributed by atoms with van der Waals surface area (Å²) in [5, 5.41) is 21.5. The minimum atomic E-state index is -1.14. The van der Waals surface area contributed by atoms with Crippen molar-refractivity contribution in [2.24, 2.45) is 5.41 Å². The van der Waals surface area contributed by atoms with Gasteiger partial charge in [0.2, 0.25) is 5.43 Å². The summed E-state index contributed by atoms with van der Waals surface area (Å²) in [4.78, 5) is 23.7. The topological polar surface area (TPSA) is 88.8 Å². The average Bonchev–Trinajstić information content (AvgIpc) is 2.49. The van der Waals surface area contributed by atoms with Gasteiger partial charge in [-0.25, -0.2) is 0 Å². The summed E-state index contributed by atoms with van der Waals surface area (Å²) in [7, 11) is 0. The Labute approximate surface area is 143 Å². The first-order chi connectivity index (χ1) is 10.6. The van der Waals surface area contributed by atoms with Crippen LogP contribution in [-0.4, -0.2) is 26.4 Å². The molecule has 0 spiro atoms. The molecular weight excluding hydrogens is 366 g/mol. The van der Waals surface area contributed by atoms with Gasteiger partial charge in [0, 0.05) is 18.5 Å². The number of carbonyl (C=O) groups is 1. The van der Waals surface area contributed by atoms with Crippen molar-refractivity contribution in [3.63, 3.8) is 0 Å². The molecule has 1 aromatic heterocycles. The molecule has 0 bridgehead atoms.